The average molecular weight is 727 g/mol. The molecule has 3 heteroatoms. The molecule has 0 aliphatic carbocycles. The van der Waals surface area contributed by atoms with E-state index in [0.29, 0.717) is 5.82 Å². The summed E-state index contributed by atoms with van der Waals surface area (Å²) in [7, 11) is 0. The van der Waals surface area contributed by atoms with E-state index in [1.54, 1.807) is 0 Å². The van der Waals surface area contributed by atoms with Gasteiger partial charge in [-0.05, 0) is 97.6 Å². The number of ether oxygens (including phenoxy) is 1. The molecule has 1 aliphatic heterocycles. The van der Waals surface area contributed by atoms with Crippen molar-refractivity contribution in [1.29, 1.82) is 0 Å². The molecule has 0 spiro atoms. The summed E-state index contributed by atoms with van der Waals surface area (Å²) in [6, 6.07) is 72.9. The highest BCUT2D eigenvalue weighted by atomic mass is 16.5. The Morgan fingerprint density at radius 3 is 1.68 bits per heavy atom. The fraction of sp³-hybridized carbons (Fsp3) is 0. The minimum atomic E-state index is 0.685. The molecule has 0 fully saturated rings. The van der Waals surface area contributed by atoms with Gasteiger partial charge in [-0.1, -0.05) is 164 Å². The van der Waals surface area contributed by atoms with Crippen molar-refractivity contribution in [1.82, 2.24) is 9.97 Å². The molecule has 9 aromatic carbocycles. The van der Waals surface area contributed by atoms with Crippen molar-refractivity contribution in [2.24, 2.45) is 0 Å². The first-order valence-corrected chi connectivity index (χ1v) is 19.3. The number of benzene rings is 9. The van der Waals surface area contributed by atoms with E-state index in [0.717, 1.165) is 67.2 Å². The van der Waals surface area contributed by atoms with Crippen molar-refractivity contribution in [2.75, 3.05) is 0 Å². The standard InChI is InChI=1S/C54H34N2O/c1-3-12-35(13-4-1)36-24-26-38(27-25-36)49-34-50(56-54(55-49)40-15-5-2-6-16-40)44-31-42(30-43(32-44)46-21-9-17-37-14-7-8-20-45(37)46)41-28-29-51-48(33-41)47-22-10-18-39-19-11-23-52(57-51)53(39)47/h1-34H. The van der Waals surface area contributed by atoms with Crippen LogP contribution < -0.4 is 4.74 Å². The van der Waals surface area contributed by atoms with E-state index in [4.69, 9.17) is 14.7 Å². The fourth-order valence-corrected chi connectivity index (χ4v) is 8.24. The number of rotatable bonds is 6. The molecule has 57 heavy (non-hydrogen) atoms. The lowest BCUT2D eigenvalue weighted by Crippen LogP contribution is -1.98. The molecule has 1 aliphatic rings. The molecule has 0 radical (unpaired) electrons. The first-order valence-electron chi connectivity index (χ1n) is 19.3. The van der Waals surface area contributed by atoms with Crippen LogP contribution in [0.15, 0.2) is 206 Å². The Morgan fingerprint density at radius 1 is 0.298 bits per heavy atom. The molecule has 0 N–H and O–H groups in total. The van der Waals surface area contributed by atoms with E-state index in [1.165, 1.54) is 38.4 Å². The Bertz CT molecular complexity index is 3120. The monoisotopic (exact) mass is 726 g/mol. The van der Waals surface area contributed by atoms with Crippen LogP contribution in [0.25, 0.3) is 100.0 Å². The summed E-state index contributed by atoms with van der Waals surface area (Å²) < 4.78 is 6.50. The number of hydrogen-bond donors (Lipinski definition) is 0. The highest BCUT2D eigenvalue weighted by Crippen LogP contribution is 2.48. The van der Waals surface area contributed by atoms with Gasteiger partial charge in [0.2, 0.25) is 0 Å². The van der Waals surface area contributed by atoms with Crippen LogP contribution in [0.4, 0.5) is 0 Å². The van der Waals surface area contributed by atoms with Crippen molar-refractivity contribution >= 4 is 21.5 Å². The van der Waals surface area contributed by atoms with E-state index in [-0.39, 0.29) is 0 Å². The second-order valence-corrected chi connectivity index (χ2v) is 14.6. The molecule has 2 heterocycles. The minimum Gasteiger partial charge on any atom is -0.456 e. The fourth-order valence-electron chi connectivity index (χ4n) is 8.24. The third kappa shape index (κ3) is 5.94. The Kier molecular flexibility index (Phi) is 7.82. The normalized spacial score (nSPS) is 11.6. The zero-order chi connectivity index (χ0) is 37.7. The quantitative estimate of drug-likeness (QED) is 0.171. The summed E-state index contributed by atoms with van der Waals surface area (Å²) >= 11 is 0. The first kappa shape index (κ1) is 32.8. The lowest BCUT2D eigenvalue weighted by molar-refractivity contribution is 0.487. The lowest BCUT2D eigenvalue weighted by atomic mass is 9.89. The van der Waals surface area contributed by atoms with Crippen LogP contribution in [-0.2, 0) is 0 Å². The number of hydrogen-bond acceptors (Lipinski definition) is 3. The van der Waals surface area contributed by atoms with Crippen LogP contribution in [0.3, 0.4) is 0 Å². The molecule has 266 valence electrons. The number of aromatic nitrogens is 2. The second-order valence-electron chi connectivity index (χ2n) is 14.6. The van der Waals surface area contributed by atoms with Gasteiger partial charge in [0.05, 0.1) is 11.4 Å². The molecule has 0 saturated carbocycles. The average Bonchev–Trinajstić information content (AvgIpc) is 3.29. The van der Waals surface area contributed by atoms with Gasteiger partial charge in [0.25, 0.3) is 0 Å². The van der Waals surface area contributed by atoms with Crippen LogP contribution in [-0.4, -0.2) is 9.97 Å². The highest BCUT2D eigenvalue weighted by Gasteiger charge is 2.21. The van der Waals surface area contributed by atoms with Gasteiger partial charge in [-0.3, -0.25) is 0 Å². The Labute approximate surface area is 331 Å². The van der Waals surface area contributed by atoms with E-state index in [2.05, 4.69) is 182 Å². The van der Waals surface area contributed by atoms with Gasteiger partial charge in [0, 0.05) is 27.6 Å². The summed E-state index contributed by atoms with van der Waals surface area (Å²) in [4.78, 5) is 10.5. The van der Waals surface area contributed by atoms with Gasteiger partial charge in [-0.2, -0.15) is 0 Å². The van der Waals surface area contributed by atoms with Gasteiger partial charge >= 0.3 is 0 Å². The van der Waals surface area contributed by atoms with Crippen LogP contribution >= 0.6 is 0 Å². The summed E-state index contributed by atoms with van der Waals surface area (Å²) in [5.74, 6) is 2.44. The lowest BCUT2D eigenvalue weighted by Gasteiger charge is -2.22. The van der Waals surface area contributed by atoms with Gasteiger partial charge in [-0.15, -0.1) is 0 Å². The second kappa shape index (κ2) is 13.6. The predicted molar refractivity (Wildman–Crippen MR) is 235 cm³/mol. The van der Waals surface area contributed by atoms with Crippen molar-refractivity contribution in [3.05, 3.63) is 206 Å². The highest BCUT2D eigenvalue weighted by molar-refractivity contribution is 6.05. The van der Waals surface area contributed by atoms with Gasteiger partial charge < -0.3 is 4.74 Å². The maximum Gasteiger partial charge on any atom is 0.160 e. The van der Waals surface area contributed by atoms with Crippen molar-refractivity contribution < 1.29 is 4.74 Å². The van der Waals surface area contributed by atoms with Crippen molar-refractivity contribution in [3.63, 3.8) is 0 Å². The van der Waals surface area contributed by atoms with Gasteiger partial charge in [0.15, 0.2) is 5.82 Å². The molecule has 10 aromatic rings. The van der Waals surface area contributed by atoms with Crippen LogP contribution in [0, 0.1) is 0 Å². The third-order valence-electron chi connectivity index (χ3n) is 11.1. The van der Waals surface area contributed by atoms with Crippen molar-refractivity contribution in [3.8, 4) is 89.9 Å². The van der Waals surface area contributed by atoms with Crippen LogP contribution in [0.2, 0.25) is 0 Å². The molecule has 1 aromatic heterocycles. The van der Waals surface area contributed by atoms with E-state index >= 15 is 0 Å². The Balaban J connectivity index is 1.11. The van der Waals surface area contributed by atoms with Crippen LogP contribution in [0.5, 0.6) is 11.5 Å². The molecule has 0 saturated heterocycles. The molecule has 0 atom stereocenters. The molecular weight excluding hydrogens is 693 g/mol. The Morgan fingerprint density at radius 2 is 0.877 bits per heavy atom. The largest absolute Gasteiger partial charge is 0.456 e. The van der Waals surface area contributed by atoms with Gasteiger partial charge in [0.1, 0.15) is 11.5 Å². The van der Waals surface area contributed by atoms with E-state index in [9.17, 15) is 0 Å². The van der Waals surface area contributed by atoms with Crippen LogP contribution in [0.1, 0.15) is 0 Å². The first-order chi connectivity index (χ1) is 28.2. The zero-order valence-corrected chi connectivity index (χ0v) is 30.9. The molecule has 11 rings (SSSR count). The van der Waals surface area contributed by atoms with Gasteiger partial charge in [-0.25, -0.2) is 9.97 Å². The number of fused-ring (bicyclic) bond motifs is 3. The molecule has 3 nitrogen and oxygen atoms in total. The topological polar surface area (TPSA) is 35.0 Å². The molecule has 0 unspecified atom stereocenters. The van der Waals surface area contributed by atoms with E-state index in [1.807, 2.05) is 24.3 Å². The van der Waals surface area contributed by atoms with E-state index < -0.39 is 0 Å². The summed E-state index contributed by atoms with van der Waals surface area (Å²) in [6.45, 7) is 0. The SMILES string of the molecule is c1ccc(-c2ccc(-c3cc(-c4cc(-c5ccc6c(c5)-c5cccc7cccc(c57)O6)cc(-c5cccc6ccccc56)c4)nc(-c4ccccc4)n3)cc2)cc1. The maximum absolute atomic E-state index is 6.50. The molecular formula is C54H34N2O. The molecule has 0 amide bonds. The summed E-state index contributed by atoms with van der Waals surface area (Å²) in [5, 5.41) is 4.73. The summed E-state index contributed by atoms with van der Waals surface area (Å²) in [6.07, 6.45) is 0. The molecule has 0 bridgehead atoms. The maximum atomic E-state index is 6.50. The summed E-state index contributed by atoms with van der Waals surface area (Å²) in [5.41, 5.74) is 13.8. The number of nitrogens with zero attached hydrogens (tertiary/aromatic N) is 2. The smallest absolute Gasteiger partial charge is 0.160 e. The Hall–Kier alpha value is -7.62. The third-order valence-corrected chi connectivity index (χ3v) is 11.1. The zero-order valence-electron chi connectivity index (χ0n) is 30.9. The predicted octanol–water partition coefficient (Wildman–Crippen LogP) is 14.6. The van der Waals surface area contributed by atoms with Crippen molar-refractivity contribution in [2.45, 2.75) is 0 Å². The minimum absolute atomic E-state index is 0.685.